The van der Waals surface area contributed by atoms with Gasteiger partial charge in [0.25, 0.3) is 0 Å². The van der Waals surface area contributed by atoms with Crippen LogP contribution in [0.4, 0.5) is 4.79 Å². The third-order valence-electron chi connectivity index (χ3n) is 3.68. The van der Waals surface area contributed by atoms with Crippen molar-refractivity contribution < 1.29 is 14.3 Å². The minimum Gasteiger partial charge on any atom is -0.444 e. The summed E-state index contributed by atoms with van der Waals surface area (Å²) in [5.74, 6) is 0. The van der Waals surface area contributed by atoms with Crippen LogP contribution in [0.3, 0.4) is 0 Å². The smallest absolute Gasteiger partial charge is 0.410 e. The SMILES string of the molecule is Cc1csc(COC2(C)CCN(C(=O)OC(C)(C)C)CC2)n1. The van der Waals surface area contributed by atoms with E-state index in [1.165, 1.54) is 0 Å². The van der Waals surface area contributed by atoms with E-state index in [1.807, 2.05) is 33.1 Å². The van der Waals surface area contributed by atoms with E-state index >= 15 is 0 Å². The Morgan fingerprint density at radius 2 is 2.05 bits per heavy atom. The van der Waals surface area contributed by atoms with Crippen LogP contribution in [-0.2, 0) is 16.1 Å². The number of aryl methyl sites for hydroxylation is 1. The number of piperidine rings is 1. The molecule has 0 unspecified atom stereocenters. The molecule has 0 aromatic carbocycles. The molecule has 0 atom stereocenters. The lowest BCUT2D eigenvalue weighted by atomic mass is 9.93. The van der Waals surface area contributed by atoms with Gasteiger partial charge in [0.1, 0.15) is 10.6 Å². The Hall–Kier alpha value is -1.14. The number of hydrogen-bond acceptors (Lipinski definition) is 5. The predicted octanol–water partition coefficient (Wildman–Crippen LogP) is 3.76. The summed E-state index contributed by atoms with van der Waals surface area (Å²) in [5, 5.41) is 3.04. The molecule has 1 aliphatic heterocycles. The molecule has 2 heterocycles. The predicted molar refractivity (Wildman–Crippen MR) is 87.1 cm³/mol. The first-order valence-electron chi connectivity index (χ1n) is 7.70. The Labute approximate surface area is 136 Å². The summed E-state index contributed by atoms with van der Waals surface area (Å²) in [7, 11) is 0. The number of carbonyl (C=O) groups excluding carboxylic acids is 1. The zero-order valence-corrected chi connectivity index (χ0v) is 15.0. The molecule has 1 saturated heterocycles. The molecule has 124 valence electrons. The van der Waals surface area contributed by atoms with Crippen LogP contribution in [0.5, 0.6) is 0 Å². The van der Waals surface area contributed by atoms with E-state index in [1.54, 1.807) is 16.2 Å². The average Bonchev–Trinajstić information content (AvgIpc) is 2.81. The zero-order chi connectivity index (χ0) is 16.4. The molecule has 2 rings (SSSR count). The van der Waals surface area contributed by atoms with Gasteiger partial charge in [-0.3, -0.25) is 0 Å². The van der Waals surface area contributed by atoms with Gasteiger partial charge >= 0.3 is 6.09 Å². The van der Waals surface area contributed by atoms with Crippen LogP contribution in [0.15, 0.2) is 5.38 Å². The lowest BCUT2D eigenvalue weighted by Crippen LogP contribution is -2.47. The van der Waals surface area contributed by atoms with Crippen LogP contribution >= 0.6 is 11.3 Å². The normalized spacial score (nSPS) is 18.3. The number of aromatic nitrogens is 1. The molecule has 0 N–H and O–H groups in total. The molecule has 1 aliphatic rings. The minimum absolute atomic E-state index is 0.196. The molecule has 5 nitrogen and oxygen atoms in total. The lowest BCUT2D eigenvalue weighted by molar-refractivity contribution is -0.0812. The molecule has 0 spiro atoms. The van der Waals surface area contributed by atoms with Crippen LogP contribution in [-0.4, -0.2) is 40.3 Å². The largest absolute Gasteiger partial charge is 0.444 e. The average molecular weight is 326 g/mol. The van der Waals surface area contributed by atoms with Crippen LogP contribution in [0, 0.1) is 6.92 Å². The maximum Gasteiger partial charge on any atom is 0.410 e. The highest BCUT2D eigenvalue weighted by Gasteiger charge is 2.34. The third kappa shape index (κ3) is 4.95. The van der Waals surface area contributed by atoms with Gasteiger partial charge in [0.05, 0.1) is 12.2 Å². The van der Waals surface area contributed by atoms with E-state index < -0.39 is 5.60 Å². The number of likely N-dealkylation sites (tertiary alicyclic amines) is 1. The molecule has 0 saturated carbocycles. The molecule has 1 aromatic rings. The van der Waals surface area contributed by atoms with Crippen LogP contribution in [0.1, 0.15) is 51.2 Å². The molecule has 22 heavy (non-hydrogen) atoms. The molecule has 0 bridgehead atoms. The first kappa shape index (κ1) is 17.2. The fourth-order valence-corrected chi connectivity index (χ4v) is 3.02. The quantitative estimate of drug-likeness (QED) is 0.848. The Morgan fingerprint density at radius 1 is 1.41 bits per heavy atom. The van der Waals surface area contributed by atoms with Crippen molar-refractivity contribution in [3.05, 3.63) is 16.1 Å². The van der Waals surface area contributed by atoms with Gasteiger partial charge in [-0.05, 0) is 47.5 Å². The van der Waals surface area contributed by atoms with Gasteiger partial charge in [-0.1, -0.05) is 0 Å². The molecular weight excluding hydrogens is 300 g/mol. The fourth-order valence-electron chi connectivity index (χ4n) is 2.34. The van der Waals surface area contributed by atoms with Crippen molar-refractivity contribution in [2.75, 3.05) is 13.1 Å². The van der Waals surface area contributed by atoms with Crippen molar-refractivity contribution in [2.24, 2.45) is 0 Å². The van der Waals surface area contributed by atoms with E-state index in [4.69, 9.17) is 9.47 Å². The Kier molecular flexibility index (Phi) is 5.12. The Bertz CT molecular complexity index is 514. The number of carbonyl (C=O) groups is 1. The summed E-state index contributed by atoms with van der Waals surface area (Å²) < 4.78 is 11.5. The first-order chi connectivity index (χ1) is 10.2. The van der Waals surface area contributed by atoms with Crippen LogP contribution in [0.25, 0.3) is 0 Å². The maximum absolute atomic E-state index is 12.1. The highest BCUT2D eigenvalue weighted by molar-refractivity contribution is 7.09. The highest BCUT2D eigenvalue weighted by atomic mass is 32.1. The van der Waals surface area contributed by atoms with Crippen molar-refractivity contribution in [3.8, 4) is 0 Å². The summed E-state index contributed by atoms with van der Waals surface area (Å²) in [4.78, 5) is 18.2. The minimum atomic E-state index is -0.447. The number of nitrogens with zero attached hydrogens (tertiary/aromatic N) is 2. The van der Waals surface area contributed by atoms with Crippen molar-refractivity contribution in [3.63, 3.8) is 0 Å². The number of amides is 1. The maximum atomic E-state index is 12.1. The molecule has 0 aliphatic carbocycles. The monoisotopic (exact) mass is 326 g/mol. The summed E-state index contributed by atoms with van der Waals surface area (Å²) in [6.45, 7) is 11.6. The Morgan fingerprint density at radius 3 is 2.55 bits per heavy atom. The second kappa shape index (κ2) is 6.54. The second-order valence-corrected chi connectivity index (χ2v) is 8.03. The van der Waals surface area contributed by atoms with Gasteiger partial charge in [0.2, 0.25) is 0 Å². The molecule has 1 amide bonds. The highest BCUT2D eigenvalue weighted by Crippen LogP contribution is 2.28. The van der Waals surface area contributed by atoms with Gasteiger partial charge in [0.15, 0.2) is 0 Å². The molecule has 6 heteroatoms. The van der Waals surface area contributed by atoms with Crippen LogP contribution < -0.4 is 0 Å². The summed E-state index contributed by atoms with van der Waals surface area (Å²) in [6.07, 6.45) is 1.40. The zero-order valence-electron chi connectivity index (χ0n) is 14.1. The summed E-state index contributed by atoms with van der Waals surface area (Å²) >= 11 is 1.63. The van der Waals surface area contributed by atoms with E-state index in [0.717, 1.165) is 23.5 Å². The van der Waals surface area contributed by atoms with Gasteiger partial charge < -0.3 is 14.4 Å². The summed E-state index contributed by atoms with van der Waals surface area (Å²) in [6, 6.07) is 0. The number of hydrogen-bond donors (Lipinski definition) is 0. The van der Waals surface area contributed by atoms with E-state index in [-0.39, 0.29) is 11.7 Å². The third-order valence-corrected chi connectivity index (χ3v) is 4.62. The molecule has 1 aromatic heterocycles. The molecular formula is C16H26N2O3S. The summed E-state index contributed by atoms with van der Waals surface area (Å²) in [5.41, 5.74) is 0.392. The number of ether oxygens (including phenoxy) is 2. The standard InChI is InChI=1S/C16H26N2O3S/c1-12-11-22-13(17-12)10-20-16(5)6-8-18(9-7-16)14(19)21-15(2,3)4/h11H,6-10H2,1-5H3. The number of thiazole rings is 1. The molecule has 1 fully saturated rings. The van der Waals surface area contributed by atoms with Gasteiger partial charge in [-0.15, -0.1) is 11.3 Å². The first-order valence-corrected chi connectivity index (χ1v) is 8.58. The fraction of sp³-hybridized carbons (Fsp3) is 0.750. The lowest BCUT2D eigenvalue weighted by Gasteiger charge is -2.39. The number of rotatable bonds is 3. The second-order valence-electron chi connectivity index (χ2n) is 7.09. The topological polar surface area (TPSA) is 51.7 Å². The van der Waals surface area contributed by atoms with Gasteiger partial charge in [-0.2, -0.15) is 0 Å². The van der Waals surface area contributed by atoms with Crippen molar-refractivity contribution in [1.29, 1.82) is 0 Å². The van der Waals surface area contributed by atoms with E-state index in [2.05, 4.69) is 11.9 Å². The van der Waals surface area contributed by atoms with Gasteiger partial charge in [0, 0.05) is 24.2 Å². The van der Waals surface area contributed by atoms with E-state index in [9.17, 15) is 4.79 Å². The van der Waals surface area contributed by atoms with Crippen molar-refractivity contribution >= 4 is 17.4 Å². The van der Waals surface area contributed by atoms with E-state index in [0.29, 0.717) is 19.7 Å². The van der Waals surface area contributed by atoms with Crippen LogP contribution in [0.2, 0.25) is 0 Å². The van der Waals surface area contributed by atoms with Gasteiger partial charge in [-0.25, -0.2) is 9.78 Å². The molecule has 0 radical (unpaired) electrons. The van der Waals surface area contributed by atoms with Crippen molar-refractivity contribution in [1.82, 2.24) is 9.88 Å². The van der Waals surface area contributed by atoms with Crippen molar-refractivity contribution in [2.45, 2.75) is 65.3 Å². The Balaban J connectivity index is 1.81.